The maximum atomic E-state index is 13.4. The van der Waals surface area contributed by atoms with Crippen molar-refractivity contribution in [2.75, 3.05) is 30.5 Å². The second-order valence-corrected chi connectivity index (χ2v) is 8.88. The molecule has 6 heteroatoms. The summed E-state index contributed by atoms with van der Waals surface area (Å²) in [7, 11) is 3.87. The number of aliphatic hydroxyl groups is 1. The Morgan fingerprint density at radius 2 is 1.69 bits per heavy atom. The van der Waals surface area contributed by atoms with Gasteiger partial charge in [-0.2, -0.15) is 0 Å². The van der Waals surface area contributed by atoms with Gasteiger partial charge in [0.1, 0.15) is 11.5 Å². The van der Waals surface area contributed by atoms with Gasteiger partial charge in [-0.05, 0) is 79.9 Å². The Kier molecular flexibility index (Phi) is 6.65. The van der Waals surface area contributed by atoms with Crippen LogP contribution in [0.5, 0.6) is 5.75 Å². The molecule has 6 nitrogen and oxygen atoms in total. The fourth-order valence-electron chi connectivity index (χ4n) is 4.31. The Balaban J connectivity index is 1.92. The van der Waals surface area contributed by atoms with E-state index in [1.165, 1.54) is 4.90 Å². The number of benzene rings is 3. The average molecular weight is 471 g/mol. The van der Waals surface area contributed by atoms with Crippen molar-refractivity contribution in [1.29, 1.82) is 0 Å². The molecule has 3 aromatic rings. The lowest BCUT2D eigenvalue weighted by molar-refractivity contribution is -0.132. The van der Waals surface area contributed by atoms with Crippen molar-refractivity contribution < 1.29 is 19.4 Å². The number of hydrogen-bond acceptors (Lipinski definition) is 5. The summed E-state index contributed by atoms with van der Waals surface area (Å²) in [5.41, 5.74) is 4.83. The monoisotopic (exact) mass is 470 g/mol. The molecule has 1 aliphatic rings. The molecule has 1 aliphatic heterocycles. The minimum absolute atomic E-state index is 0.0589. The second-order valence-electron chi connectivity index (χ2n) is 8.88. The summed E-state index contributed by atoms with van der Waals surface area (Å²) in [6.45, 7) is 6.30. The highest BCUT2D eigenvalue weighted by Gasteiger charge is 2.47. The molecule has 0 spiro atoms. The Bertz CT molecular complexity index is 1310. The van der Waals surface area contributed by atoms with E-state index in [4.69, 9.17) is 4.74 Å². The number of carbonyl (C=O) groups excluding carboxylic acids is 2. The van der Waals surface area contributed by atoms with Crippen LogP contribution in [0.15, 0.2) is 72.3 Å². The van der Waals surface area contributed by atoms with Gasteiger partial charge in [0.2, 0.25) is 0 Å². The molecule has 4 rings (SSSR count). The van der Waals surface area contributed by atoms with Crippen molar-refractivity contribution in [1.82, 2.24) is 0 Å². The van der Waals surface area contributed by atoms with Gasteiger partial charge in [0.05, 0.1) is 18.2 Å². The maximum absolute atomic E-state index is 13.4. The van der Waals surface area contributed by atoms with Crippen LogP contribution in [-0.2, 0) is 9.59 Å². The van der Waals surface area contributed by atoms with Crippen molar-refractivity contribution in [3.8, 4) is 5.75 Å². The van der Waals surface area contributed by atoms with Gasteiger partial charge in [-0.1, -0.05) is 24.3 Å². The SMILES string of the molecule is CCOc1cccc(C2/C(=C(/O)c3ccc(C)c(C)c3)C(=O)C(=O)N2c2ccc(N(C)C)cc2)c1. The molecule has 1 atom stereocenters. The van der Waals surface area contributed by atoms with Crippen LogP contribution in [0.1, 0.15) is 35.2 Å². The zero-order chi connectivity index (χ0) is 25.3. The molecule has 1 heterocycles. The maximum Gasteiger partial charge on any atom is 0.300 e. The van der Waals surface area contributed by atoms with Crippen molar-refractivity contribution in [2.24, 2.45) is 0 Å². The number of rotatable bonds is 6. The van der Waals surface area contributed by atoms with E-state index in [1.54, 1.807) is 6.07 Å². The number of aryl methyl sites for hydroxylation is 2. The van der Waals surface area contributed by atoms with E-state index in [1.807, 2.05) is 100 Å². The number of hydrogen-bond donors (Lipinski definition) is 1. The first kappa shape index (κ1) is 24.1. The standard InChI is InChI=1S/C29H30N2O4/c1-6-35-24-9-7-8-20(17-24)26-25(27(32)21-11-10-18(2)19(3)16-21)28(33)29(34)31(26)23-14-12-22(13-15-23)30(4)5/h7-17,26,32H,6H2,1-5H3/b27-25-. The first-order valence-electron chi connectivity index (χ1n) is 11.6. The van der Waals surface area contributed by atoms with E-state index in [9.17, 15) is 14.7 Å². The van der Waals surface area contributed by atoms with E-state index in [0.717, 1.165) is 16.8 Å². The smallest absolute Gasteiger partial charge is 0.300 e. The summed E-state index contributed by atoms with van der Waals surface area (Å²) in [6.07, 6.45) is 0. The normalized spacial score (nSPS) is 17.1. The summed E-state index contributed by atoms with van der Waals surface area (Å²) in [6, 6.07) is 19.4. The molecule has 1 unspecified atom stereocenters. The molecule has 0 aromatic heterocycles. The van der Waals surface area contributed by atoms with E-state index < -0.39 is 17.7 Å². The van der Waals surface area contributed by atoms with Crippen LogP contribution in [0, 0.1) is 13.8 Å². The van der Waals surface area contributed by atoms with E-state index in [-0.39, 0.29) is 11.3 Å². The summed E-state index contributed by atoms with van der Waals surface area (Å²) >= 11 is 0. The molecule has 1 amide bonds. The highest BCUT2D eigenvalue weighted by atomic mass is 16.5. The molecule has 1 fully saturated rings. The highest BCUT2D eigenvalue weighted by Crippen LogP contribution is 2.43. The van der Waals surface area contributed by atoms with Gasteiger partial charge in [0.25, 0.3) is 11.7 Å². The van der Waals surface area contributed by atoms with Gasteiger partial charge in [0, 0.05) is 31.0 Å². The zero-order valence-electron chi connectivity index (χ0n) is 20.7. The van der Waals surface area contributed by atoms with Crippen molar-refractivity contribution in [3.63, 3.8) is 0 Å². The molecule has 0 saturated carbocycles. The molecule has 0 radical (unpaired) electrons. The molecule has 1 saturated heterocycles. The van der Waals surface area contributed by atoms with Crippen LogP contribution in [0.25, 0.3) is 5.76 Å². The minimum Gasteiger partial charge on any atom is -0.507 e. The van der Waals surface area contributed by atoms with Gasteiger partial charge in [-0.3, -0.25) is 14.5 Å². The van der Waals surface area contributed by atoms with Crippen molar-refractivity contribution in [2.45, 2.75) is 26.8 Å². The Morgan fingerprint density at radius 1 is 0.971 bits per heavy atom. The number of nitrogens with zero attached hydrogens (tertiary/aromatic N) is 2. The predicted molar refractivity (Wildman–Crippen MR) is 139 cm³/mol. The predicted octanol–water partition coefficient (Wildman–Crippen LogP) is 5.39. The lowest BCUT2D eigenvalue weighted by Crippen LogP contribution is -2.29. The van der Waals surface area contributed by atoms with Gasteiger partial charge in [-0.15, -0.1) is 0 Å². The first-order chi connectivity index (χ1) is 16.7. The van der Waals surface area contributed by atoms with Crippen LogP contribution in [-0.4, -0.2) is 37.5 Å². The summed E-state index contributed by atoms with van der Waals surface area (Å²) in [5.74, 6) is -0.959. The topological polar surface area (TPSA) is 70.1 Å². The van der Waals surface area contributed by atoms with Gasteiger partial charge in [0.15, 0.2) is 0 Å². The molecule has 1 N–H and O–H groups in total. The largest absolute Gasteiger partial charge is 0.507 e. The van der Waals surface area contributed by atoms with E-state index in [2.05, 4.69) is 0 Å². The Hall–Kier alpha value is -4.06. The van der Waals surface area contributed by atoms with Gasteiger partial charge < -0.3 is 14.7 Å². The van der Waals surface area contributed by atoms with Crippen LogP contribution >= 0.6 is 0 Å². The van der Waals surface area contributed by atoms with E-state index >= 15 is 0 Å². The molecule has 3 aromatic carbocycles. The number of ether oxygens (including phenoxy) is 1. The van der Waals surface area contributed by atoms with Crippen LogP contribution in [0.2, 0.25) is 0 Å². The first-order valence-corrected chi connectivity index (χ1v) is 11.6. The van der Waals surface area contributed by atoms with Gasteiger partial charge in [-0.25, -0.2) is 0 Å². The minimum atomic E-state index is -0.803. The zero-order valence-corrected chi connectivity index (χ0v) is 20.7. The van der Waals surface area contributed by atoms with Crippen LogP contribution in [0.4, 0.5) is 11.4 Å². The number of carbonyl (C=O) groups is 2. The van der Waals surface area contributed by atoms with Crippen molar-refractivity contribution >= 4 is 28.8 Å². The fraction of sp³-hybridized carbons (Fsp3) is 0.241. The van der Waals surface area contributed by atoms with Gasteiger partial charge >= 0.3 is 0 Å². The lowest BCUT2D eigenvalue weighted by atomic mass is 9.94. The molecule has 180 valence electrons. The molecular weight excluding hydrogens is 440 g/mol. The summed E-state index contributed by atoms with van der Waals surface area (Å²) < 4.78 is 5.68. The molecular formula is C29H30N2O4. The number of aliphatic hydroxyl groups excluding tert-OH is 1. The second kappa shape index (κ2) is 9.66. The van der Waals surface area contributed by atoms with Crippen LogP contribution < -0.4 is 14.5 Å². The summed E-state index contributed by atoms with van der Waals surface area (Å²) in [5, 5.41) is 11.4. The van der Waals surface area contributed by atoms with Crippen molar-refractivity contribution in [3.05, 3.63) is 94.6 Å². The fourth-order valence-corrected chi connectivity index (χ4v) is 4.31. The quantitative estimate of drug-likeness (QED) is 0.297. The number of Topliss-reactive ketones (excluding diaryl/α,β-unsaturated/α-hetero) is 1. The third-order valence-corrected chi connectivity index (χ3v) is 6.35. The summed E-state index contributed by atoms with van der Waals surface area (Å²) in [4.78, 5) is 30.2. The number of amides is 1. The highest BCUT2D eigenvalue weighted by molar-refractivity contribution is 6.51. The molecule has 0 aliphatic carbocycles. The van der Waals surface area contributed by atoms with Crippen LogP contribution in [0.3, 0.4) is 0 Å². The molecule has 0 bridgehead atoms. The van der Waals surface area contributed by atoms with E-state index in [0.29, 0.717) is 29.2 Å². The lowest BCUT2D eigenvalue weighted by Gasteiger charge is -2.26. The average Bonchev–Trinajstić information content (AvgIpc) is 3.11. The third kappa shape index (κ3) is 4.52. The Morgan fingerprint density at radius 3 is 2.31 bits per heavy atom. The number of anilines is 2. The Labute approximate surface area is 206 Å². The third-order valence-electron chi connectivity index (χ3n) is 6.35. The number of ketones is 1. The molecule has 35 heavy (non-hydrogen) atoms.